The molecule has 4 heteroatoms. The average molecular weight is 362 g/mol. The number of fused-ring (bicyclic) bond motifs is 1. The fraction of sp³-hybridized carbons (Fsp3) is 0.318. The van der Waals surface area contributed by atoms with Gasteiger partial charge in [0.25, 0.3) is 0 Å². The van der Waals surface area contributed by atoms with E-state index in [0.717, 1.165) is 30.6 Å². The van der Waals surface area contributed by atoms with E-state index >= 15 is 0 Å². The fourth-order valence-corrected chi connectivity index (χ4v) is 4.68. The smallest absolute Gasteiger partial charge is 0.0998 e. The monoisotopic (exact) mass is 361 g/mol. The number of nitriles is 1. The van der Waals surface area contributed by atoms with Crippen LogP contribution >= 0.6 is 11.3 Å². The second-order valence-electron chi connectivity index (χ2n) is 6.89. The first-order valence-electron chi connectivity index (χ1n) is 9.25. The number of nitrogens with zero attached hydrogens (tertiary/aromatic N) is 3. The Balaban J connectivity index is 1.77. The van der Waals surface area contributed by atoms with Crippen molar-refractivity contribution in [3.05, 3.63) is 63.8 Å². The summed E-state index contributed by atoms with van der Waals surface area (Å²) >= 11 is 1.85. The van der Waals surface area contributed by atoms with Crippen LogP contribution in [0.25, 0.3) is 10.8 Å². The molecule has 0 aliphatic carbocycles. The second-order valence-corrected chi connectivity index (χ2v) is 7.89. The molecule has 26 heavy (non-hydrogen) atoms. The van der Waals surface area contributed by atoms with Crippen molar-refractivity contribution in [1.29, 1.82) is 5.26 Å². The lowest BCUT2D eigenvalue weighted by Gasteiger charge is -2.36. The Labute approximate surface area is 159 Å². The number of thiophene rings is 1. The molecule has 1 saturated heterocycles. The van der Waals surface area contributed by atoms with Gasteiger partial charge in [-0.15, -0.1) is 11.3 Å². The quantitative estimate of drug-likeness (QED) is 0.618. The highest BCUT2D eigenvalue weighted by Crippen LogP contribution is 2.32. The minimum absolute atomic E-state index is 0.750. The molecule has 3 aromatic rings. The van der Waals surface area contributed by atoms with Crippen LogP contribution in [0.2, 0.25) is 0 Å². The first-order valence-corrected chi connectivity index (χ1v) is 10.1. The van der Waals surface area contributed by atoms with E-state index in [1.807, 2.05) is 23.5 Å². The van der Waals surface area contributed by atoms with Crippen molar-refractivity contribution in [2.24, 2.45) is 0 Å². The van der Waals surface area contributed by atoms with Crippen LogP contribution < -0.4 is 5.01 Å². The van der Waals surface area contributed by atoms with Gasteiger partial charge in [-0.05, 0) is 48.9 Å². The lowest BCUT2D eigenvalue weighted by atomic mass is 10.0. The molecular formula is C22H23N3S. The minimum atomic E-state index is 0.750. The molecule has 0 radical (unpaired) electrons. The maximum Gasteiger partial charge on any atom is 0.0998 e. The molecule has 1 aliphatic rings. The Morgan fingerprint density at radius 2 is 1.81 bits per heavy atom. The Hall–Kier alpha value is -2.35. The summed E-state index contributed by atoms with van der Waals surface area (Å²) in [5.74, 6) is 0. The van der Waals surface area contributed by atoms with Gasteiger partial charge in [0.2, 0.25) is 0 Å². The zero-order valence-corrected chi connectivity index (χ0v) is 15.9. The van der Waals surface area contributed by atoms with Gasteiger partial charge in [0, 0.05) is 28.7 Å². The van der Waals surface area contributed by atoms with Crippen LogP contribution in [0.5, 0.6) is 0 Å². The summed E-state index contributed by atoms with van der Waals surface area (Å²) in [4.78, 5) is 1.44. The van der Waals surface area contributed by atoms with E-state index in [4.69, 9.17) is 0 Å². The zero-order valence-electron chi connectivity index (χ0n) is 15.1. The van der Waals surface area contributed by atoms with E-state index < -0.39 is 0 Å². The molecule has 1 aromatic heterocycles. The largest absolute Gasteiger partial charge is 0.305 e. The van der Waals surface area contributed by atoms with Crippen LogP contribution in [0, 0.1) is 18.3 Å². The summed E-state index contributed by atoms with van der Waals surface area (Å²) in [6.45, 7) is 5.26. The number of benzene rings is 2. The summed E-state index contributed by atoms with van der Waals surface area (Å²) in [6, 6.07) is 16.9. The summed E-state index contributed by atoms with van der Waals surface area (Å²) < 4.78 is 0. The van der Waals surface area contributed by atoms with Gasteiger partial charge >= 0.3 is 0 Å². The fourth-order valence-electron chi connectivity index (χ4n) is 3.77. The Bertz CT molecular complexity index is 953. The molecule has 0 atom stereocenters. The van der Waals surface area contributed by atoms with Crippen molar-refractivity contribution in [2.45, 2.75) is 32.7 Å². The number of anilines is 1. The molecule has 0 amide bonds. The lowest BCUT2D eigenvalue weighted by Crippen LogP contribution is -2.42. The molecule has 0 N–H and O–H groups in total. The number of hydrazine groups is 1. The minimum Gasteiger partial charge on any atom is -0.305 e. The summed E-state index contributed by atoms with van der Waals surface area (Å²) in [5, 5.41) is 18.8. The lowest BCUT2D eigenvalue weighted by molar-refractivity contribution is 0.255. The molecule has 4 rings (SSSR count). The van der Waals surface area contributed by atoms with Gasteiger partial charge < -0.3 is 5.01 Å². The Morgan fingerprint density at radius 1 is 1.00 bits per heavy atom. The number of rotatable bonds is 3. The van der Waals surface area contributed by atoms with Crippen molar-refractivity contribution < 1.29 is 0 Å². The van der Waals surface area contributed by atoms with Gasteiger partial charge in [0.05, 0.1) is 23.9 Å². The van der Waals surface area contributed by atoms with E-state index in [9.17, 15) is 5.26 Å². The standard InChI is InChI=1S/C22H23N3S/c1-17-11-14-26-22(17)16-24-12-5-2-6-13-25(24)21-10-9-18(15-23)19-7-3-4-8-20(19)21/h3-4,7-11,14H,2,5-6,12-13,16H2,1H3. The molecule has 0 saturated carbocycles. The van der Waals surface area contributed by atoms with Gasteiger partial charge in [-0.3, -0.25) is 0 Å². The predicted molar refractivity (Wildman–Crippen MR) is 109 cm³/mol. The molecule has 0 bridgehead atoms. The van der Waals surface area contributed by atoms with E-state index in [1.54, 1.807) is 0 Å². The van der Waals surface area contributed by atoms with Gasteiger partial charge in [-0.25, -0.2) is 5.01 Å². The number of hydrogen-bond donors (Lipinski definition) is 0. The first kappa shape index (κ1) is 17.1. The van der Waals surface area contributed by atoms with Gasteiger partial charge in [0.1, 0.15) is 0 Å². The third kappa shape index (κ3) is 3.21. The summed E-state index contributed by atoms with van der Waals surface area (Å²) in [7, 11) is 0. The molecular weight excluding hydrogens is 338 g/mol. The van der Waals surface area contributed by atoms with E-state index in [0.29, 0.717) is 0 Å². The molecule has 0 unspecified atom stereocenters. The third-order valence-corrected chi connectivity index (χ3v) is 6.23. The maximum absolute atomic E-state index is 9.46. The second kappa shape index (κ2) is 7.49. The highest BCUT2D eigenvalue weighted by atomic mass is 32.1. The molecule has 1 aliphatic heterocycles. The van der Waals surface area contributed by atoms with Crippen LogP contribution in [0.15, 0.2) is 47.8 Å². The van der Waals surface area contributed by atoms with Crippen LogP contribution in [0.4, 0.5) is 5.69 Å². The van der Waals surface area contributed by atoms with E-state index in [2.05, 4.69) is 58.7 Å². The molecule has 132 valence electrons. The Kier molecular flexibility index (Phi) is 4.92. The summed E-state index contributed by atoms with van der Waals surface area (Å²) in [5.41, 5.74) is 3.35. The molecule has 3 nitrogen and oxygen atoms in total. The first-order chi connectivity index (χ1) is 12.8. The van der Waals surface area contributed by atoms with Crippen LogP contribution in [0.3, 0.4) is 0 Å². The van der Waals surface area contributed by atoms with Crippen molar-refractivity contribution in [3.63, 3.8) is 0 Å². The van der Waals surface area contributed by atoms with Gasteiger partial charge in [0.15, 0.2) is 0 Å². The predicted octanol–water partition coefficient (Wildman–Crippen LogP) is 5.49. The van der Waals surface area contributed by atoms with Crippen LogP contribution in [0.1, 0.15) is 35.3 Å². The molecule has 2 heterocycles. The van der Waals surface area contributed by atoms with Crippen LogP contribution in [-0.2, 0) is 6.54 Å². The highest BCUT2D eigenvalue weighted by molar-refractivity contribution is 7.10. The SMILES string of the molecule is Cc1ccsc1CN1CCCCCN1c1ccc(C#N)c2ccccc12. The summed E-state index contributed by atoms with van der Waals surface area (Å²) in [6.07, 6.45) is 3.70. The third-order valence-electron chi connectivity index (χ3n) is 5.22. The molecule has 1 fully saturated rings. The zero-order chi connectivity index (χ0) is 17.9. The normalized spacial score (nSPS) is 15.8. The van der Waals surface area contributed by atoms with Gasteiger partial charge in [-0.1, -0.05) is 30.7 Å². The Morgan fingerprint density at radius 3 is 2.58 bits per heavy atom. The van der Waals surface area contributed by atoms with Crippen molar-refractivity contribution in [1.82, 2.24) is 5.01 Å². The van der Waals surface area contributed by atoms with E-state index in [-0.39, 0.29) is 0 Å². The van der Waals surface area contributed by atoms with E-state index in [1.165, 1.54) is 40.8 Å². The van der Waals surface area contributed by atoms with Crippen molar-refractivity contribution >= 4 is 27.8 Å². The molecule has 2 aromatic carbocycles. The molecule has 0 spiro atoms. The van der Waals surface area contributed by atoms with Crippen LogP contribution in [-0.4, -0.2) is 18.1 Å². The van der Waals surface area contributed by atoms with Crippen molar-refractivity contribution in [2.75, 3.05) is 18.1 Å². The van der Waals surface area contributed by atoms with Gasteiger partial charge in [-0.2, -0.15) is 5.26 Å². The maximum atomic E-state index is 9.46. The number of aryl methyl sites for hydroxylation is 1. The van der Waals surface area contributed by atoms with Crippen molar-refractivity contribution in [3.8, 4) is 6.07 Å². The topological polar surface area (TPSA) is 30.3 Å². The number of hydrogen-bond acceptors (Lipinski definition) is 4. The average Bonchev–Trinajstić information content (AvgIpc) is 2.94. The highest BCUT2D eigenvalue weighted by Gasteiger charge is 2.22.